The van der Waals surface area contributed by atoms with E-state index in [0.29, 0.717) is 12.0 Å². The van der Waals surface area contributed by atoms with Crippen LogP contribution in [0.2, 0.25) is 0 Å². The molecule has 0 radical (unpaired) electrons. The number of rotatable bonds is 6. The molecular formula is C22H19N3O2. The van der Waals surface area contributed by atoms with Gasteiger partial charge in [-0.25, -0.2) is 4.68 Å². The van der Waals surface area contributed by atoms with Gasteiger partial charge in [0.2, 0.25) is 0 Å². The molecule has 0 saturated carbocycles. The van der Waals surface area contributed by atoms with E-state index in [2.05, 4.69) is 10.3 Å². The van der Waals surface area contributed by atoms with Crippen molar-refractivity contribution in [2.75, 3.05) is 7.11 Å². The fourth-order valence-corrected chi connectivity index (χ4v) is 3.21. The van der Waals surface area contributed by atoms with Crippen LogP contribution in [-0.4, -0.2) is 27.9 Å². The quantitative estimate of drug-likeness (QED) is 0.483. The number of benzene rings is 3. The number of ether oxygens (including phenoxy) is 1. The van der Waals surface area contributed by atoms with Crippen molar-refractivity contribution in [1.82, 2.24) is 15.0 Å². The van der Waals surface area contributed by atoms with E-state index in [-0.39, 0.29) is 11.8 Å². The van der Waals surface area contributed by atoms with Crippen LogP contribution in [0.5, 0.6) is 5.75 Å². The van der Waals surface area contributed by atoms with E-state index in [0.717, 1.165) is 22.3 Å². The highest BCUT2D eigenvalue weighted by Gasteiger charge is 2.22. The number of carbonyl (C=O) groups excluding carboxylic acids is 1. The molecule has 1 heterocycles. The molecule has 0 saturated heterocycles. The summed E-state index contributed by atoms with van der Waals surface area (Å²) in [5.74, 6) is 0.777. The van der Waals surface area contributed by atoms with Crippen LogP contribution in [0.15, 0.2) is 78.9 Å². The molecule has 0 bridgehead atoms. The maximum absolute atomic E-state index is 13.0. The average Bonchev–Trinajstić information content (AvgIpc) is 3.16. The second-order valence-corrected chi connectivity index (χ2v) is 6.31. The van der Waals surface area contributed by atoms with Gasteiger partial charge in [-0.2, -0.15) is 0 Å². The second-order valence-electron chi connectivity index (χ2n) is 6.31. The summed E-state index contributed by atoms with van der Waals surface area (Å²) in [5.41, 5.74) is 3.40. The van der Waals surface area contributed by atoms with E-state index in [1.54, 1.807) is 31.4 Å². The van der Waals surface area contributed by atoms with Crippen LogP contribution >= 0.6 is 0 Å². The molecule has 0 aliphatic rings. The third-order valence-electron chi connectivity index (χ3n) is 4.65. The molecule has 5 nitrogen and oxygen atoms in total. The van der Waals surface area contributed by atoms with Gasteiger partial charge in [0.05, 0.1) is 18.7 Å². The van der Waals surface area contributed by atoms with Gasteiger partial charge in [0, 0.05) is 12.0 Å². The Labute approximate surface area is 157 Å². The maximum Gasteiger partial charge on any atom is 0.165 e. The first-order valence-corrected chi connectivity index (χ1v) is 8.78. The number of para-hydroxylation sites is 1. The van der Waals surface area contributed by atoms with E-state index in [4.69, 9.17) is 4.74 Å². The van der Waals surface area contributed by atoms with Crippen LogP contribution < -0.4 is 4.74 Å². The molecule has 0 aliphatic heterocycles. The molecule has 0 aliphatic carbocycles. The van der Waals surface area contributed by atoms with Crippen molar-refractivity contribution in [3.05, 3.63) is 90.0 Å². The van der Waals surface area contributed by atoms with Crippen molar-refractivity contribution < 1.29 is 9.53 Å². The average molecular weight is 357 g/mol. The zero-order chi connectivity index (χ0) is 18.6. The van der Waals surface area contributed by atoms with Gasteiger partial charge in [0.15, 0.2) is 5.78 Å². The number of methoxy groups -OCH3 is 1. The van der Waals surface area contributed by atoms with Gasteiger partial charge in [-0.05, 0) is 42.0 Å². The highest BCUT2D eigenvalue weighted by Crippen LogP contribution is 2.27. The molecule has 5 heteroatoms. The van der Waals surface area contributed by atoms with Crippen LogP contribution in [-0.2, 0) is 0 Å². The summed E-state index contributed by atoms with van der Waals surface area (Å²) in [6.07, 6.45) is 0.295. The first-order chi connectivity index (χ1) is 13.3. The van der Waals surface area contributed by atoms with Gasteiger partial charge < -0.3 is 4.74 Å². The van der Waals surface area contributed by atoms with Gasteiger partial charge >= 0.3 is 0 Å². The third-order valence-corrected chi connectivity index (χ3v) is 4.65. The Morgan fingerprint density at radius 1 is 0.963 bits per heavy atom. The Morgan fingerprint density at radius 3 is 2.41 bits per heavy atom. The highest BCUT2D eigenvalue weighted by atomic mass is 16.5. The zero-order valence-electron chi connectivity index (χ0n) is 14.9. The standard InChI is InChI=1S/C22H19N3O2/c1-27-18-13-11-17(12-14-18)22(26)15-21(16-7-3-2-4-8-16)25-20-10-6-5-9-19(20)23-24-25/h2-14,21H,15H2,1H3/t21-/m1/s1. The number of aromatic nitrogens is 3. The lowest BCUT2D eigenvalue weighted by molar-refractivity contribution is 0.0968. The van der Waals surface area contributed by atoms with Gasteiger partial charge in [-0.15, -0.1) is 5.10 Å². The molecule has 0 fully saturated rings. The number of hydrogen-bond donors (Lipinski definition) is 0. The Morgan fingerprint density at radius 2 is 1.67 bits per heavy atom. The van der Waals surface area contributed by atoms with E-state index in [1.165, 1.54) is 0 Å². The monoisotopic (exact) mass is 357 g/mol. The number of Topliss-reactive ketones (excluding diaryl/α,β-unsaturated/α-hetero) is 1. The second kappa shape index (κ2) is 7.41. The first-order valence-electron chi connectivity index (χ1n) is 8.78. The van der Waals surface area contributed by atoms with Crippen molar-refractivity contribution in [3.63, 3.8) is 0 Å². The van der Waals surface area contributed by atoms with Crippen LogP contribution in [0.25, 0.3) is 11.0 Å². The van der Waals surface area contributed by atoms with Crippen LogP contribution in [0, 0.1) is 0 Å². The molecule has 0 amide bonds. The Hall–Kier alpha value is -3.47. The normalized spacial score (nSPS) is 12.0. The molecule has 4 rings (SSSR count). The van der Waals surface area contributed by atoms with Crippen LogP contribution in [0.3, 0.4) is 0 Å². The Kier molecular flexibility index (Phi) is 4.66. The minimum Gasteiger partial charge on any atom is -0.497 e. The van der Waals surface area contributed by atoms with Gasteiger partial charge in [0.1, 0.15) is 11.3 Å². The van der Waals surface area contributed by atoms with Crippen molar-refractivity contribution in [1.29, 1.82) is 0 Å². The number of nitrogens with zero attached hydrogens (tertiary/aromatic N) is 3. The SMILES string of the molecule is COc1ccc(C(=O)C[C@H](c2ccccc2)n2nnc3ccccc32)cc1. The van der Waals surface area contributed by atoms with E-state index < -0.39 is 0 Å². The summed E-state index contributed by atoms with van der Waals surface area (Å²) >= 11 is 0. The summed E-state index contributed by atoms with van der Waals surface area (Å²) in [6.45, 7) is 0. The third kappa shape index (κ3) is 3.44. The molecule has 27 heavy (non-hydrogen) atoms. The zero-order valence-corrected chi connectivity index (χ0v) is 14.9. The minimum absolute atomic E-state index is 0.0473. The molecule has 0 unspecified atom stereocenters. The number of hydrogen-bond acceptors (Lipinski definition) is 4. The molecule has 134 valence electrons. The summed E-state index contributed by atoms with van der Waals surface area (Å²) in [6, 6.07) is 24.7. The van der Waals surface area contributed by atoms with Crippen molar-refractivity contribution in [2.45, 2.75) is 12.5 Å². The van der Waals surface area contributed by atoms with E-state index in [9.17, 15) is 4.79 Å². The van der Waals surface area contributed by atoms with Crippen molar-refractivity contribution in [3.8, 4) is 5.75 Å². The molecule has 1 atom stereocenters. The van der Waals surface area contributed by atoms with Crippen LogP contribution in [0.4, 0.5) is 0 Å². The number of ketones is 1. The van der Waals surface area contributed by atoms with Gasteiger partial charge in [0.25, 0.3) is 0 Å². The number of carbonyl (C=O) groups is 1. The fraction of sp³-hybridized carbons (Fsp3) is 0.136. The Balaban J connectivity index is 1.71. The largest absolute Gasteiger partial charge is 0.497 e. The van der Waals surface area contributed by atoms with E-state index >= 15 is 0 Å². The lowest BCUT2D eigenvalue weighted by Gasteiger charge is -2.18. The summed E-state index contributed by atoms with van der Waals surface area (Å²) in [5, 5.41) is 8.59. The summed E-state index contributed by atoms with van der Waals surface area (Å²) in [7, 11) is 1.61. The van der Waals surface area contributed by atoms with Crippen molar-refractivity contribution in [2.24, 2.45) is 0 Å². The molecule has 0 spiro atoms. The lowest BCUT2D eigenvalue weighted by Crippen LogP contribution is -2.17. The molecule has 3 aromatic carbocycles. The van der Waals surface area contributed by atoms with Gasteiger partial charge in [-0.3, -0.25) is 4.79 Å². The predicted molar refractivity (Wildman–Crippen MR) is 104 cm³/mol. The molecule has 4 aromatic rings. The predicted octanol–water partition coefficient (Wildman–Crippen LogP) is 4.30. The van der Waals surface area contributed by atoms with Crippen LogP contribution in [0.1, 0.15) is 28.4 Å². The molecule has 1 aromatic heterocycles. The van der Waals surface area contributed by atoms with E-state index in [1.807, 2.05) is 59.3 Å². The smallest absolute Gasteiger partial charge is 0.165 e. The highest BCUT2D eigenvalue weighted by molar-refractivity contribution is 5.96. The van der Waals surface area contributed by atoms with Crippen molar-refractivity contribution >= 4 is 16.8 Å². The molecule has 0 N–H and O–H groups in total. The Bertz CT molecular complexity index is 1060. The lowest BCUT2D eigenvalue weighted by atomic mass is 9.97. The topological polar surface area (TPSA) is 57.0 Å². The fourth-order valence-electron chi connectivity index (χ4n) is 3.21. The van der Waals surface area contributed by atoms with Gasteiger partial charge in [-0.1, -0.05) is 47.7 Å². The molecular weight excluding hydrogens is 338 g/mol. The summed E-state index contributed by atoms with van der Waals surface area (Å²) in [4.78, 5) is 13.0. The maximum atomic E-state index is 13.0. The first kappa shape index (κ1) is 17.0. The summed E-state index contributed by atoms with van der Waals surface area (Å²) < 4.78 is 7.01. The minimum atomic E-state index is -0.229. The number of fused-ring (bicyclic) bond motifs is 1.